The number of aromatic nitrogens is 3. The van der Waals surface area contributed by atoms with Crippen LogP contribution in [-0.2, 0) is 20.1 Å². The Balaban J connectivity index is 1.52. The molecule has 2 N–H and O–H groups in total. The van der Waals surface area contributed by atoms with Crippen molar-refractivity contribution in [3.63, 3.8) is 0 Å². The Hall–Kier alpha value is -2.37. The zero-order chi connectivity index (χ0) is 18.9. The number of nitrogens with one attached hydrogen (secondary N) is 2. The van der Waals surface area contributed by atoms with Crippen LogP contribution in [0.5, 0.6) is 0 Å². The van der Waals surface area contributed by atoms with Gasteiger partial charge in [0.05, 0.1) is 13.1 Å². The van der Waals surface area contributed by atoms with Crippen LogP contribution in [0.4, 0.5) is 0 Å². The van der Waals surface area contributed by atoms with Gasteiger partial charge in [-0.1, -0.05) is 56.0 Å². The minimum atomic E-state index is 0.612. The predicted octanol–water partition coefficient (Wildman–Crippen LogP) is 3.33. The predicted molar refractivity (Wildman–Crippen MR) is 109 cm³/mol. The molecule has 0 spiro atoms. The molecule has 6 heteroatoms. The molecule has 0 aliphatic heterocycles. The van der Waals surface area contributed by atoms with Crippen LogP contribution in [0.1, 0.15) is 55.7 Å². The summed E-state index contributed by atoms with van der Waals surface area (Å²) in [5, 5.41) is 15.2. The molecule has 1 aliphatic carbocycles. The van der Waals surface area contributed by atoms with Crippen LogP contribution in [0.15, 0.2) is 35.3 Å². The van der Waals surface area contributed by atoms with E-state index in [1.54, 1.807) is 0 Å². The van der Waals surface area contributed by atoms with Crippen LogP contribution < -0.4 is 10.6 Å². The SMILES string of the molecule is Cc1nnc(CNC(=NCc2ccccc2)NCCCC2CCCC2)n1C. The first kappa shape index (κ1) is 19.4. The molecule has 1 aromatic carbocycles. The smallest absolute Gasteiger partial charge is 0.191 e. The van der Waals surface area contributed by atoms with Crippen molar-refractivity contribution in [1.29, 1.82) is 0 Å². The number of aliphatic imine (C=N–C) groups is 1. The lowest BCUT2D eigenvalue weighted by atomic mass is 10.0. The van der Waals surface area contributed by atoms with Gasteiger partial charge in [0.2, 0.25) is 0 Å². The fourth-order valence-corrected chi connectivity index (χ4v) is 3.59. The quantitative estimate of drug-likeness (QED) is 0.426. The first-order valence-electron chi connectivity index (χ1n) is 10.1. The maximum absolute atomic E-state index is 4.75. The van der Waals surface area contributed by atoms with Gasteiger partial charge in [0.25, 0.3) is 0 Å². The Morgan fingerprint density at radius 1 is 1.15 bits per heavy atom. The molecular weight excluding hydrogens is 336 g/mol. The summed E-state index contributed by atoms with van der Waals surface area (Å²) < 4.78 is 2.00. The summed E-state index contributed by atoms with van der Waals surface area (Å²) in [7, 11) is 1.99. The van der Waals surface area contributed by atoms with Gasteiger partial charge in [-0.25, -0.2) is 4.99 Å². The number of rotatable bonds is 8. The number of aryl methyl sites for hydroxylation is 1. The number of benzene rings is 1. The largest absolute Gasteiger partial charge is 0.356 e. The number of hydrogen-bond acceptors (Lipinski definition) is 3. The number of nitrogens with zero attached hydrogens (tertiary/aromatic N) is 4. The lowest BCUT2D eigenvalue weighted by Crippen LogP contribution is -2.38. The minimum absolute atomic E-state index is 0.612. The molecule has 2 aromatic rings. The van der Waals surface area contributed by atoms with Gasteiger partial charge in [-0.15, -0.1) is 10.2 Å². The fourth-order valence-electron chi connectivity index (χ4n) is 3.59. The van der Waals surface area contributed by atoms with Crippen molar-refractivity contribution in [3.8, 4) is 0 Å². The van der Waals surface area contributed by atoms with E-state index in [0.29, 0.717) is 13.1 Å². The molecule has 0 unspecified atom stereocenters. The average molecular weight is 369 g/mol. The van der Waals surface area contributed by atoms with Gasteiger partial charge in [-0.3, -0.25) is 0 Å². The summed E-state index contributed by atoms with van der Waals surface area (Å²) in [5.74, 6) is 3.60. The standard InChI is InChI=1S/C21H32N6/c1-17-25-26-20(27(17)2)16-24-21(23-15-19-11-4-3-5-12-19)22-14-8-13-18-9-6-7-10-18/h3-5,11-12,18H,6-10,13-16H2,1-2H3,(H2,22,23,24). The van der Waals surface area contributed by atoms with Crippen LogP contribution in [0.3, 0.4) is 0 Å². The van der Waals surface area contributed by atoms with Gasteiger partial charge < -0.3 is 15.2 Å². The molecule has 0 saturated heterocycles. The molecule has 0 radical (unpaired) electrons. The van der Waals surface area contributed by atoms with Gasteiger partial charge in [-0.05, 0) is 31.2 Å². The molecule has 1 heterocycles. The molecule has 1 aliphatic rings. The second kappa shape index (κ2) is 10.1. The van der Waals surface area contributed by atoms with Crippen LogP contribution >= 0.6 is 0 Å². The summed E-state index contributed by atoms with van der Waals surface area (Å²) in [4.78, 5) is 4.75. The molecule has 6 nitrogen and oxygen atoms in total. The number of hydrogen-bond donors (Lipinski definition) is 2. The lowest BCUT2D eigenvalue weighted by Gasteiger charge is -2.14. The molecule has 0 atom stereocenters. The van der Waals surface area contributed by atoms with E-state index >= 15 is 0 Å². The second-order valence-corrected chi connectivity index (χ2v) is 7.45. The number of guanidine groups is 1. The summed E-state index contributed by atoms with van der Waals surface area (Å²) in [6.45, 7) is 4.19. The molecule has 1 aromatic heterocycles. The van der Waals surface area contributed by atoms with E-state index < -0.39 is 0 Å². The second-order valence-electron chi connectivity index (χ2n) is 7.45. The van der Waals surface area contributed by atoms with E-state index in [0.717, 1.165) is 30.1 Å². The van der Waals surface area contributed by atoms with E-state index in [1.165, 1.54) is 44.1 Å². The zero-order valence-electron chi connectivity index (χ0n) is 16.6. The van der Waals surface area contributed by atoms with Crippen LogP contribution in [0, 0.1) is 12.8 Å². The van der Waals surface area contributed by atoms with Crippen molar-refractivity contribution in [3.05, 3.63) is 47.5 Å². The normalized spacial score (nSPS) is 15.3. The van der Waals surface area contributed by atoms with E-state index in [4.69, 9.17) is 4.99 Å². The molecule has 0 bridgehead atoms. The molecule has 27 heavy (non-hydrogen) atoms. The summed E-state index contributed by atoms with van der Waals surface area (Å²) in [5.41, 5.74) is 1.21. The Morgan fingerprint density at radius 3 is 2.63 bits per heavy atom. The Kier molecular flexibility index (Phi) is 7.25. The summed E-state index contributed by atoms with van der Waals surface area (Å²) in [6.07, 6.45) is 8.18. The highest BCUT2D eigenvalue weighted by atomic mass is 15.3. The first-order valence-corrected chi connectivity index (χ1v) is 10.1. The molecule has 0 amide bonds. The van der Waals surface area contributed by atoms with E-state index in [1.807, 2.05) is 24.6 Å². The minimum Gasteiger partial charge on any atom is -0.356 e. The lowest BCUT2D eigenvalue weighted by molar-refractivity contribution is 0.481. The summed E-state index contributed by atoms with van der Waals surface area (Å²) >= 11 is 0. The van der Waals surface area contributed by atoms with Crippen molar-refractivity contribution in [1.82, 2.24) is 25.4 Å². The Morgan fingerprint density at radius 2 is 1.93 bits per heavy atom. The first-order chi connectivity index (χ1) is 13.2. The maximum atomic E-state index is 4.75. The third kappa shape index (κ3) is 6.08. The van der Waals surface area contributed by atoms with Gasteiger partial charge in [0.1, 0.15) is 5.82 Å². The Bertz CT molecular complexity index is 716. The van der Waals surface area contributed by atoms with Crippen molar-refractivity contribution in [2.75, 3.05) is 6.54 Å². The maximum Gasteiger partial charge on any atom is 0.191 e. The summed E-state index contributed by atoms with van der Waals surface area (Å²) in [6, 6.07) is 10.3. The van der Waals surface area contributed by atoms with E-state index in [-0.39, 0.29) is 0 Å². The Labute approximate surface area is 162 Å². The van der Waals surface area contributed by atoms with Crippen LogP contribution in [-0.4, -0.2) is 27.3 Å². The van der Waals surface area contributed by atoms with Gasteiger partial charge in [0, 0.05) is 13.6 Å². The average Bonchev–Trinajstić information content (AvgIpc) is 3.32. The third-order valence-electron chi connectivity index (χ3n) is 5.42. The van der Waals surface area contributed by atoms with Crippen molar-refractivity contribution >= 4 is 5.96 Å². The fraction of sp³-hybridized carbons (Fsp3) is 0.571. The van der Waals surface area contributed by atoms with Gasteiger partial charge in [-0.2, -0.15) is 0 Å². The van der Waals surface area contributed by atoms with Gasteiger partial charge >= 0.3 is 0 Å². The van der Waals surface area contributed by atoms with E-state index in [9.17, 15) is 0 Å². The highest BCUT2D eigenvalue weighted by Gasteiger charge is 2.14. The van der Waals surface area contributed by atoms with Crippen molar-refractivity contribution in [2.45, 2.75) is 58.5 Å². The molecule has 1 saturated carbocycles. The van der Waals surface area contributed by atoms with Crippen LogP contribution in [0.2, 0.25) is 0 Å². The highest BCUT2D eigenvalue weighted by Crippen LogP contribution is 2.28. The monoisotopic (exact) mass is 368 g/mol. The third-order valence-corrected chi connectivity index (χ3v) is 5.42. The van der Waals surface area contributed by atoms with Gasteiger partial charge in [0.15, 0.2) is 11.8 Å². The molecule has 1 fully saturated rings. The van der Waals surface area contributed by atoms with Crippen molar-refractivity contribution < 1.29 is 0 Å². The molecule has 146 valence electrons. The highest BCUT2D eigenvalue weighted by molar-refractivity contribution is 5.79. The van der Waals surface area contributed by atoms with Crippen LogP contribution in [0.25, 0.3) is 0 Å². The van der Waals surface area contributed by atoms with Crippen molar-refractivity contribution in [2.24, 2.45) is 18.0 Å². The zero-order valence-corrected chi connectivity index (χ0v) is 16.6. The van der Waals surface area contributed by atoms with E-state index in [2.05, 4.69) is 45.1 Å². The molecule has 3 rings (SSSR count). The molecular formula is C21H32N6. The topological polar surface area (TPSA) is 67.1 Å².